The van der Waals surface area contributed by atoms with Crippen LogP contribution < -0.4 is 0 Å². The molecule has 0 atom stereocenters. The highest BCUT2D eigenvalue weighted by Gasteiger charge is 2.37. The number of rotatable bonds is 3. The van der Waals surface area contributed by atoms with Crippen molar-refractivity contribution in [3.8, 4) is 0 Å². The van der Waals surface area contributed by atoms with E-state index in [0.717, 1.165) is 17.8 Å². The first-order valence-corrected chi connectivity index (χ1v) is 7.86. The highest BCUT2D eigenvalue weighted by molar-refractivity contribution is 7.91. The van der Waals surface area contributed by atoms with Crippen molar-refractivity contribution in [1.82, 2.24) is 4.31 Å². The first-order chi connectivity index (χ1) is 8.22. The average Bonchev–Trinajstić information content (AvgIpc) is 2.84. The first kappa shape index (κ1) is 13.5. The third kappa shape index (κ3) is 2.43. The average molecular weight is 289 g/mol. The van der Waals surface area contributed by atoms with Gasteiger partial charge in [0.25, 0.3) is 10.0 Å². The van der Waals surface area contributed by atoms with E-state index in [1.807, 2.05) is 13.8 Å². The van der Waals surface area contributed by atoms with Crippen molar-refractivity contribution < 1.29 is 18.3 Å². The molecule has 0 aromatic carbocycles. The molecule has 0 saturated carbocycles. The van der Waals surface area contributed by atoms with Gasteiger partial charge in [-0.3, -0.25) is 0 Å². The van der Waals surface area contributed by atoms with Gasteiger partial charge in [0.1, 0.15) is 4.21 Å². The molecule has 100 valence electrons. The van der Waals surface area contributed by atoms with Crippen molar-refractivity contribution in [1.29, 1.82) is 0 Å². The Labute approximate surface area is 110 Å². The summed E-state index contributed by atoms with van der Waals surface area (Å²) in [5.41, 5.74) is 0.0111. The number of aromatic carboxylic acids is 1. The van der Waals surface area contributed by atoms with Crippen LogP contribution in [0.1, 0.15) is 30.6 Å². The minimum atomic E-state index is -3.53. The fraction of sp³-hybridized carbons (Fsp3) is 0.545. The SMILES string of the molecule is CC1(C)CCN(S(=O)(=O)c2cc(C(=O)O)cs2)C1. The van der Waals surface area contributed by atoms with Gasteiger partial charge in [-0.25, -0.2) is 13.2 Å². The van der Waals surface area contributed by atoms with Gasteiger partial charge in [-0.05, 0) is 17.9 Å². The second kappa shape index (κ2) is 4.32. The summed E-state index contributed by atoms with van der Waals surface area (Å²) in [4.78, 5) is 10.8. The lowest BCUT2D eigenvalue weighted by Gasteiger charge is -2.18. The summed E-state index contributed by atoms with van der Waals surface area (Å²) in [7, 11) is -3.53. The molecule has 1 saturated heterocycles. The third-order valence-electron chi connectivity index (χ3n) is 3.06. The summed E-state index contributed by atoms with van der Waals surface area (Å²) in [5, 5.41) is 10.2. The van der Waals surface area contributed by atoms with Crippen molar-refractivity contribution in [3.05, 3.63) is 17.0 Å². The molecule has 2 heterocycles. The molecule has 1 aromatic heterocycles. The molecule has 0 spiro atoms. The number of sulfonamides is 1. The maximum Gasteiger partial charge on any atom is 0.336 e. The number of hydrogen-bond acceptors (Lipinski definition) is 4. The van der Waals surface area contributed by atoms with Crippen LogP contribution in [0.15, 0.2) is 15.7 Å². The van der Waals surface area contributed by atoms with Gasteiger partial charge in [-0.2, -0.15) is 4.31 Å². The summed E-state index contributed by atoms with van der Waals surface area (Å²) < 4.78 is 26.1. The first-order valence-electron chi connectivity index (χ1n) is 5.54. The van der Waals surface area contributed by atoms with Crippen LogP contribution in [-0.2, 0) is 10.0 Å². The van der Waals surface area contributed by atoms with Crippen LogP contribution in [0, 0.1) is 5.41 Å². The number of carboxylic acids is 1. The van der Waals surface area contributed by atoms with E-state index in [2.05, 4.69) is 0 Å². The van der Waals surface area contributed by atoms with E-state index < -0.39 is 16.0 Å². The van der Waals surface area contributed by atoms with Crippen LogP contribution in [0.25, 0.3) is 0 Å². The van der Waals surface area contributed by atoms with Crippen LogP contribution >= 0.6 is 11.3 Å². The van der Waals surface area contributed by atoms with E-state index in [-0.39, 0.29) is 15.2 Å². The number of nitrogens with zero attached hydrogens (tertiary/aromatic N) is 1. The van der Waals surface area contributed by atoms with Crippen LogP contribution in [0.4, 0.5) is 0 Å². The van der Waals surface area contributed by atoms with Crippen molar-refractivity contribution in [2.24, 2.45) is 5.41 Å². The van der Waals surface area contributed by atoms with E-state index in [9.17, 15) is 13.2 Å². The summed E-state index contributed by atoms with van der Waals surface area (Å²) in [6, 6.07) is 1.23. The second-order valence-corrected chi connectivity index (χ2v) is 8.29. The molecule has 2 rings (SSSR count). The predicted octanol–water partition coefficient (Wildman–Crippen LogP) is 1.87. The van der Waals surface area contributed by atoms with E-state index in [0.29, 0.717) is 13.1 Å². The second-order valence-electron chi connectivity index (χ2n) is 5.21. The van der Waals surface area contributed by atoms with Gasteiger partial charge >= 0.3 is 5.97 Å². The zero-order valence-electron chi connectivity index (χ0n) is 10.2. The number of carboxylic acid groups (broad SMARTS) is 1. The smallest absolute Gasteiger partial charge is 0.336 e. The molecule has 1 aliphatic rings. The molecule has 0 bridgehead atoms. The van der Waals surface area contributed by atoms with Gasteiger partial charge in [-0.1, -0.05) is 13.8 Å². The van der Waals surface area contributed by atoms with Crippen LogP contribution in [-0.4, -0.2) is 36.9 Å². The van der Waals surface area contributed by atoms with Crippen molar-refractivity contribution in [3.63, 3.8) is 0 Å². The molecule has 1 fully saturated rings. The number of hydrogen-bond donors (Lipinski definition) is 1. The van der Waals surface area contributed by atoms with Crippen LogP contribution in [0.2, 0.25) is 0 Å². The van der Waals surface area contributed by atoms with Crippen molar-refractivity contribution in [2.45, 2.75) is 24.5 Å². The quantitative estimate of drug-likeness (QED) is 0.921. The highest BCUT2D eigenvalue weighted by atomic mass is 32.2. The molecular weight excluding hydrogens is 274 g/mol. The largest absolute Gasteiger partial charge is 0.478 e. The van der Waals surface area contributed by atoms with E-state index in [4.69, 9.17) is 5.11 Å². The maximum absolute atomic E-state index is 12.3. The molecular formula is C11H15NO4S2. The zero-order valence-corrected chi connectivity index (χ0v) is 11.8. The van der Waals surface area contributed by atoms with Crippen LogP contribution in [0.3, 0.4) is 0 Å². The standard InChI is InChI=1S/C11H15NO4S2/c1-11(2)3-4-12(7-11)18(15,16)9-5-8(6-17-9)10(13)14/h5-6H,3-4,7H2,1-2H3,(H,13,14). The normalized spacial score (nSPS) is 20.1. The maximum atomic E-state index is 12.3. The molecule has 18 heavy (non-hydrogen) atoms. The van der Waals surface area contributed by atoms with E-state index in [1.165, 1.54) is 15.8 Å². The molecule has 1 N–H and O–H groups in total. The Bertz CT molecular complexity index is 574. The molecule has 0 unspecified atom stereocenters. The Morgan fingerprint density at radius 3 is 2.61 bits per heavy atom. The Morgan fingerprint density at radius 1 is 1.50 bits per heavy atom. The molecule has 7 heteroatoms. The van der Waals surface area contributed by atoms with Gasteiger partial charge in [0.2, 0.25) is 0 Å². The lowest BCUT2D eigenvalue weighted by atomic mass is 9.93. The fourth-order valence-corrected chi connectivity index (χ4v) is 4.89. The van der Waals surface area contributed by atoms with Gasteiger partial charge in [0, 0.05) is 18.5 Å². The summed E-state index contributed by atoms with van der Waals surface area (Å²) in [5.74, 6) is -1.10. The van der Waals surface area contributed by atoms with Gasteiger partial charge < -0.3 is 5.11 Å². The minimum Gasteiger partial charge on any atom is -0.478 e. The lowest BCUT2D eigenvalue weighted by Crippen LogP contribution is -2.29. The van der Waals surface area contributed by atoms with Gasteiger partial charge in [-0.15, -0.1) is 11.3 Å². The summed E-state index contributed by atoms with van der Waals surface area (Å²) >= 11 is 0.961. The molecule has 0 radical (unpaired) electrons. The third-order valence-corrected chi connectivity index (χ3v) is 6.32. The van der Waals surface area contributed by atoms with E-state index in [1.54, 1.807) is 0 Å². The minimum absolute atomic E-state index is 0.0139. The Hall–Kier alpha value is -0.920. The number of thiophene rings is 1. The molecule has 1 aliphatic heterocycles. The lowest BCUT2D eigenvalue weighted by molar-refractivity contribution is 0.0697. The predicted molar refractivity (Wildman–Crippen MR) is 68.4 cm³/mol. The summed E-state index contributed by atoms with van der Waals surface area (Å²) in [6.45, 7) is 5.03. The highest BCUT2D eigenvalue weighted by Crippen LogP contribution is 2.34. The Balaban J connectivity index is 2.28. The number of carbonyl (C=O) groups is 1. The Kier molecular flexibility index (Phi) is 3.25. The summed E-state index contributed by atoms with van der Waals surface area (Å²) in [6.07, 6.45) is 0.823. The fourth-order valence-electron chi connectivity index (χ4n) is 1.96. The van der Waals surface area contributed by atoms with Crippen molar-refractivity contribution in [2.75, 3.05) is 13.1 Å². The van der Waals surface area contributed by atoms with Crippen LogP contribution in [0.5, 0.6) is 0 Å². The topological polar surface area (TPSA) is 74.7 Å². The van der Waals surface area contributed by atoms with Crippen molar-refractivity contribution >= 4 is 27.3 Å². The molecule has 0 aliphatic carbocycles. The monoisotopic (exact) mass is 289 g/mol. The van der Waals surface area contributed by atoms with Gasteiger partial charge in [0.05, 0.1) is 5.56 Å². The molecule has 5 nitrogen and oxygen atoms in total. The van der Waals surface area contributed by atoms with E-state index >= 15 is 0 Å². The zero-order chi connectivity index (χ0) is 13.6. The van der Waals surface area contributed by atoms with Gasteiger partial charge in [0.15, 0.2) is 0 Å². The molecule has 0 amide bonds. The Morgan fingerprint density at radius 2 is 2.17 bits per heavy atom. The molecule has 1 aromatic rings.